The maximum absolute atomic E-state index is 13.6. The molecule has 0 bridgehead atoms. The fourth-order valence-electron chi connectivity index (χ4n) is 3.74. The largest absolute Gasteiger partial charge is 0.505 e. The summed E-state index contributed by atoms with van der Waals surface area (Å²) >= 11 is 0. The third-order valence-electron chi connectivity index (χ3n) is 5.25. The molecule has 5 aromatic rings. The van der Waals surface area contributed by atoms with Crippen LogP contribution >= 0.6 is 0 Å². The van der Waals surface area contributed by atoms with E-state index in [2.05, 4.69) is 15.3 Å². The molecule has 6 heteroatoms. The van der Waals surface area contributed by atoms with Crippen LogP contribution in [0.4, 0.5) is 0 Å². The van der Waals surface area contributed by atoms with Gasteiger partial charge in [-0.05, 0) is 11.6 Å². The summed E-state index contributed by atoms with van der Waals surface area (Å²) in [6.07, 6.45) is 2.99. The van der Waals surface area contributed by atoms with Crippen molar-refractivity contribution in [2.75, 3.05) is 0 Å². The highest BCUT2D eigenvalue weighted by atomic mass is 16.3. The number of nitrogens with zero attached hydrogens (tertiary/aromatic N) is 2. The summed E-state index contributed by atoms with van der Waals surface area (Å²) in [6, 6.07) is 25.4. The van der Waals surface area contributed by atoms with Gasteiger partial charge in [-0.15, -0.1) is 0 Å². The molecule has 2 aromatic heterocycles. The third-order valence-corrected chi connectivity index (χ3v) is 5.25. The van der Waals surface area contributed by atoms with Gasteiger partial charge in [0.1, 0.15) is 18.0 Å². The van der Waals surface area contributed by atoms with Gasteiger partial charge in [0, 0.05) is 10.9 Å². The van der Waals surface area contributed by atoms with Gasteiger partial charge in [0.05, 0.1) is 17.3 Å². The highest BCUT2D eigenvalue weighted by Crippen LogP contribution is 2.35. The molecule has 0 aliphatic heterocycles. The minimum Gasteiger partial charge on any atom is -0.505 e. The van der Waals surface area contributed by atoms with Gasteiger partial charge in [-0.2, -0.15) is 0 Å². The second kappa shape index (κ2) is 8.35. The van der Waals surface area contributed by atoms with E-state index in [4.69, 9.17) is 4.42 Å². The Bertz CT molecular complexity index is 1370. The molecule has 0 saturated carbocycles. The number of nitrogens with one attached hydrogen (secondary N) is 1. The molecule has 0 radical (unpaired) electrons. The molecule has 156 valence electrons. The van der Waals surface area contributed by atoms with Crippen molar-refractivity contribution in [2.45, 2.75) is 6.04 Å². The minimum absolute atomic E-state index is 0.155. The minimum atomic E-state index is -0.620. The molecular weight excluding hydrogens is 402 g/mol. The number of fused-ring (bicyclic) bond motifs is 1. The molecule has 0 aliphatic rings. The number of oxazole rings is 1. The van der Waals surface area contributed by atoms with Crippen LogP contribution in [0.3, 0.4) is 0 Å². The number of para-hydroxylation sites is 1. The topological polar surface area (TPSA) is 88.2 Å². The van der Waals surface area contributed by atoms with Crippen LogP contribution in [0.5, 0.6) is 5.75 Å². The molecule has 1 atom stereocenters. The zero-order chi connectivity index (χ0) is 21.9. The fraction of sp³-hybridized carbons (Fsp3) is 0.0385. The summed E-state index contributed by atoms with van der Waals surface area (Å²) in [4.78, 5) is 22.4. The number of hydrogen-bond donors (Lipinski definition) is 2. The van der Waals surface area contributed by atoms with E-state index in [0.717, 1.165) is 11.1 Å². The van der Waals surface area contributed by atoms with Gasteiger partial charge in [-0.25, -0.2) is 9.97 Å². The predicted octanol–water partition coefficient (Wildman–Crippen LogP) is 5.11. The van der Waals surface area contributed by atoms with E-state index < -0.39 is 11.9 Å². The Balaban J connectivity index is 1.63. The average Bonchev–Trinajstić information content (AvgIpc) is 3.38. The fourth-order valence-corrected chi connectivity index (χ4v) is 3.74. The van der Waals surface area contributed by atoms with E-state index >= 15 is 0 Å². The molecule has 1 unspecified atom stereocenters. The number of rotatable bonds is 5. The number of benzene rings is 3. The van der Waals surface area contributed by atoms with E-state index in [1.54, 1.807) is 6.07 Å². The van der Waals surface area contributed by atoms with Crippen LogP contribution in [0.2, 0.25) is 0 Å². The van der Waals surface area contributed by atoms with Crippen LogP contribution in [-0.4, -0.2) is 21.0 Å². The van der Waals surface area contributed by atoms with E-state index in [-0.39, 0.29) is 11.3 Å². The van der Waals surface area contributed by atoms with Gasteiger partial charge in [-0.1, -0.05) is 78.9 Å². The number of aromatic nitrogens is 2. The van der Waals surface area contributed by atoms with Gasteiger partial charge >= 0.3 is 0 Å². The number of amides is 1. The number of carbonyl (C=O) groups is 1. The Hall–Kier alpha value is -4.45. The van der Waals surface area contributed by atoms with E-state index in [9.17, 15) is 9.90 Å². The SMILES string of the molecule is O=C(NC(c1ccccc1)c1ncco1)c1c(O)c(-c2ccccc2)nc2ccccc12. The summed E-state index contributed by atoms with van der Waals surface area (Å²) in [5.41, 5.74) is 2.65. The highest BCUT2D eigenvalue weighted by Gasteiger charge is 2.26. The standard InChI is InChI=1S/C26H19N3O3/c30-24-21(19-13-7-8-14-20(19)28-22(24)17-9-3-1-4-10-17)25(31)29-23(26-27-15-16-32-26)18-11-5-2-6-12-18/h1-16,23,30H,(H,29,31). The van der Waals surface area contributed by atoms with E-state index in [1.807, 2.05) is 78.9 Å². The quantitative estimate of drug-likeness (QED) is 0.411. The Morgan fingerprint density at radius 2 is 1.59 bits per heavy atom. The number of pyridine rings is 1. The molecule has 0 aliphatic carbocycles. The van der Waals surface area contributed by atoms with Gasteiger partial charge in [0.15, 0.2) is 5.75 Å². The van der Waals surface area contributed by atoms with Crippen molar-refractivity contribution in [3.63, 3.8) is 0 Å². The normalized spacial score (nSPS) is 11.9. The Labute approximate surface area is 184 Å². The van der Waals surface area contributed by atoms with E-state index in [0.29, 0.717) is 22.5 Å². The lowest BCUT2D eigenvalue weighted by atomic mass is 10.0. The summed E-state index contributed by atoms with van der Waals surface area (Å²) in [6.45, 7) is 0. The Morgan fingerprint density at radius 1 is 0.906 bits per heavy atom. The molecule has 32 heavy (non-hydrogen) atoms. The molecule has 6 nitrogen and oxygen atoms in total. The van der Waals surface area contributed by atoms with Gasteiger partial charge in [0.25, 0.3) is 5.91 Å². The molecule has 5 rings (SSSR count). The van der Waals surface area contributed by atoms with E-state index in [1.165, 1.54) is 12.5 Å². The van der Waals surface area contributed by atoms with Crippen LogP contribution in [0.25, 0.3) is 22.2 Å². The number of carbonyl (C=O) groups excluding carboxylic acids is 1. The van der Waals surface area contributed by atoms with Crippen molar-refractivity contribution in [3.05, 3.63) is 114 Å². The molecule has 1 amide bonds. The van der Waals surface area contributed by atoms with Crippen LogP contribution in [0, 0.1) is 0 Å². The molecular formula is C26H19N3O3. The van der Waals surface area contributed by atoms with Crippen LogP contribution in [0.1, 0.15) is 27.9 Å². The lowest BCUT2D eigenvalue weighted by molar-refractivity contribution is 0.0937. The first-order valence-corrected chi connectivity index (χ1v) is 10.1. The first-order valence-electron chi connectivity index (χ1n) is 10.1. The van der Waals surface area contributed by atoms with Crippen LogP contribution in [-0.2, 0) is 0 Å². The van der Waals surface area contributed by atoms with Crippen molar-refractivity contribution >= 4 is 16.8 Å². The smallest absolute Gasteiger partial charge is 0.256 e. The molecule has 0 saturated heterocycles. The zero-order valence-corrected chi connectivity index (χ0v) is 17.0. The first kappa shape index (κ1) is 19.5. The van der Waals surface area contributed by atoms with Crippen molar-refractivity contribution in [3.8, 4) is 17.0 Å². The Kier molecular flexibility index (Phi) is 5.09. The Morgan fingerprint density at radius 3 is 2.31 bits per heavy atom. The van der Waals surface area contributed by atoms with Gasteiger partial charge in [0.2, 0.25) is 5.89 Å². The zero-order valence-electron chi connectivity index (χ0n) is 17.0. The van der Waals surface area contributed by atoms with Crippen LogP contribution in [0.15, 0.2) is 102 Å². The summed E-state index contributed by atoms with van der Waals surface area (Å²) < 4.78 is 5.50. The maximum atomic E-state index is 13.6. The van der Waals surface area contributed by atoms with Crippen molar-refractivity contribution in [2.24, 2.45) is 0 Å². The molecule has 3 aromatic carbocycles. The first-order chi connectivity index (χ1) is 15.7. The maximum Gasteiger partial charge on any atom is 0.256 e. The molecule has 0 spiro atoms. The predicted molar refractivity (Wildman–Crippen MR) is 121 cm³/mol. The third kappa shape index (κ3) is 3.58. The van der Waals surface area contributed by atoms with Gasteiger partial charge in [-0.3, -0.25) is 4.79 Å². The van der Waals surface area contributed by atoms with Crippen molar-refractivity contribution < 1.29 is 14.3 Å². The number of aromatic hydroxyl groups is 1. The second-order valence-electron chi connectivity index (χ2n) is 7.25. The molecule has 2 heterocycles. The molecule has 2 N–H and O–H groups in total. The highest BCUT2D eigenvalue weighted by molar-refractivity contribution is 6.10. The monoisotopic (exact) mass is 421 g/mol. The summed E-state index contributed by atoms with van der Waals surface area (Å²) in [7, 11) is 0. The summed E-state index contributed by atoms with van der Waals surface area (Å²) in [5, 5.41) is 14.7. The lowest BCUT2D eigenvalue weighted by Gasteiger charge is -2.18. The number of hydrogen-bond acceptors (Lipinski definition) is 5. The second-order valence-corrected chi connectivity index (χ2v) is 7.25. The average molecular weight is 421 g/mol. The van der Waals surface area contributed by atoms with Crippen molar-refractivity contribution in [1.29, 1.82) is 0 Å². The van der Waals surface area contributed by atoms with Crippen LogP contribution < -0.4 is 5.32 Å². The van der Waals surface area contributed by atoms with Gasteiger partial charge < -0.3 is 14.8 Å². The summed E-state index contributed by atoms with van der Waals surface area (Å²) in [5.74, 6) is -0.275. The molecule has 0 fully saturated rings. The lowest BCUT2D eigenvalue weighted by Crippen LogP contribution is -2.30. The van der Waals surface area contributed by atoms with Crippen molar-refractivity contribution in [1.82, 2.24) is 15.3 Å².